The Labute approximate surface area is 290 Å². The highest BCUT2D eigenvalue weighted by Crippen LogP contribution is 2.20. The molecule has 0 fully saturated rings. The van der Waals surface area contributed by atoms with Crippen LogP contribution in [0.15, 0.2) is 91.0 Å². The molecule has 0 bridgehead atoms. The molecule has 0 unspecified atom stereocenters. The molecule has 4 amide bonds. The molecule has 3 aromatic rings. The number of aliphatic hydroxyl groups is 1. The highest BCUT2D eigenvalue weighted by molar-refractivity contribution is 5.92. The van der Waals surface area contributed by atoms with Crippen molar-refractivity contribution >= 4 is 23.8 Å². The van der Waals surface area contributed by atoms with Gasteiger partial charge in [0.2, 0.25) is 17.7 Å². The van der Waals surface area contributed by atoms with E-state index in [0.29, 0.717) is 12.8 Å². The van der Waals surface area contributed by atoms with E-state index in [2.05, 4.69) is 16.0 Å². The maximum atomic E-state index is 14.1. The Bertz CT molecular complexity index is 1480. The summed E-state index contributed by atoms with van der Waals surface area (Å²) in [5.41, 5.74) is 7.51. The third-order valence-corrected chi connectivity index (χ3v) is 7.97. The number of benzene rings is 3. The van der Waals surface area contributed by atoms with Gasteiger partial charge in [-0.2, -0.15) is 0 Å². The van der Waals surface area contributed by atoms with Crippen molar-refractivity contribution in [2.75, 3.05) is 0 Å². The molecular formula is C39H52N4O6. The summed E-state index contributed by atoms with van der Waals surface area (Å²) in [5, 5.41) is 20.1. The highest BCUT2D eigenvalue weighted by Gasteiger charge is 2.33. The third kappa shape index (κ3) is 14.1. The van der Waals surface area contributed by atoms with Crippen molar-refractivity contribution in [2.45, 2.75) is 96.6 Å². The maximum Gasteiger partial charge on any atom is 0.407 e. The maximum absolute atomic E-state index is 14.1. The van der Waals surface area contributed by atoms with Gasteiger partial charge < -0.3 is 31.5 Å². The molecule has 0 aromatic heterocycles. The number of hydrogen-bond acceptors (Lipinski definition) is 6. The highest BCUT2D eigenvalue weighted by atomic mass is 16.6. The average molecular weight is 673 g/mol. The number of nitrogens with one attached hydrogen (secondary N) is 3. The van der Waals surface area contributed by atoms with Crippen molar-refractivity contribution in [3.63, 3.8) is 0 Å². The van der Waals surface area contributed by atoms with E-state index in [-0.39, 0.29) is 25.2 Å². The van der Waals surface area contributed by atoms with Crippen LogP contribution in [0, 0.1) is 11.8 Å². The van der Waals surface area contributed by atoms with Crippen LogP contribution in [0.2, 0.25) is 0 Å². The van der Waals surface area contributed by atoms with Crippen molar-refractivity contribution in [3.05, 3.63) is 108 Å². The molecule has 3 aromatic carbocycles. The summed E-state index contributed by atoms with van der Waals surface area (Å²) in [6, 6.07) is 25.4. The molecule has 10 heteroatoms. The summed E-state index contributed by atoms with van der Waals surface area (Å²) in [5.74, 6) is -2.37. The van der Waals surface area contributed by atoms with E-state index in [4.69, 9.17) is 10.5 Å². The molecule has 0 aliphatic rings. The Hall–Kier alpha value is -4.70. The van der Waals surface area contributed by atoms with E-state index in [9.17, 15) is 24.3 Å². The van der Waals surface area contributed by atoms with Crippen LogP contribution in [-0.4, -0.2) is 58.8 Å². The first-order chi connectivity index (χ1) is 23.2. The van der Waals surface area contributed by atoms with Crippen LogP contribution < -0.4 is 21.7 Å². The first-order valence-corrected chi connectivity index (χ1v) is 16.9. The van der Waals surface area contributed by atoms with Crippen molar-refractivity contribution in [2.24, 2.45) is 17.6 Å². The number of ether oxygens (including phenoxy) is 1. The van der Waals surface area contributed by atoms with Crippen LogP contribution in [0.3, 0.4) is 0 Å². The Kier molecular flexibility index (Phi) is 14.8. The predicted molar refractivity (Wildman–Crippen MR) is 190 cm³/mol. The second-order valence-electron chi connectivity index (χ2n) is 14.0. The number of hydrogen-bond donors (Lipinski definition) is 5. The number of primary amides is 1. The second kappa shape index (κ2) is 18.7. The summed E-state index contributed by atoms with van der Waals surface area (Å²) < 4.78 is 5.49. The average Bonchev–Trinajstić information content (AvgIpc) is 3.03. The van der Waals surface area contributed by atoms with E-state index in [0.717, 1.165) is 16.7 Å². The van der Waals surface area contributed by atoms with Gasteiger partial charge in [0.1, 0.15) is 17.7 Å². The van der Waals surface area contributed by atoms with Gasteiger partial charge >= 0.3 is 6.09 Å². The Balaban J connectivity index is 1.85. The fourth-order valence-electron chi connectivity index (χ4n) is 5.59. The van der Waals surface area contributed by atoms with Crippen LogP contribution in [-0.2, 0) is 38.4 Å². The van der Waals surface area contributed by atoms with Crippen LogP contribution in [0.1, 0.15) is 64.2 Å². The van der Waals surface area contributed by atoms with Crippen molar-refractivity contribution in [1.82, 2.24) is 16.0 Å². The number of rotatable bonds is 17. The quantitative estimate of drug-likeness (QED) is 0.142. The SMILES string of the molecule is CC(C)C[C@H](NC(=O)[C@H](Cc1ccccc1)C[C@@H](O)[C@H](Cc1ccccc1)NC(=O)OC(C)(C)C)C(=O)N[C@@H](Cc1ccccc1)C(N)=O. The van der Waals surface area contributed by atoms with Gasteiger partial charge in [0.25, 0.3) is 0 Å². The third-order valence-electron chi connectivity index (χ3n) is 7.97. The molecule has 49 heavy (non-hydrogen) atoms. The van der Waals surface area contributed by atoms with Crippen LogP contribution >= 0.6 is 0 Å². The fraction of sp³-hybridized carbons (Fsp3) is 0.436. The number of alkyl carbamates (subject to hydrolysis) is 1. The largest absolute Gasteiger partial charge is 0.444 e. The summed E-state index contributed by atoms with van der Waals surface area (Å²) in [7, 11) is 0. The predicted octanol–water partition coefficient (Wildman–Crippen LogP) is 4.48. The van der Waals surface area contributed by atoms with Crippen LogP contribution in [0.4, 0.5) is 4.79 Å². The smallest absolute Gasteiger partial charge is 0.407 e. The van der Waals surface area contributed by atoms with Crippen molar-refractivity contribution < 1.29 is 29.0 Å². The number of carbonyl (C=O) groups is 4. The summed E-state index contributed by atoms with van der Waals surface area (Å²) in [6.45, 7) is 9.14. The minimum atomic E-state index is -1.14. The first kappa shape index (κ1) is 38.7. The van der Waals surface area contributed by atoms with Crippen molar-refractivity contribution in [3.8, 4) is 0 Å². The number of aliphatic hydroxyl groups excluding tert-OH is 1. The molecule has 0 aliphatic carbocycles. The molecule has 0 heterocycles. The van der Waals surface area contributed by atoms with Gasteiger partial charge in [0.05, 0.1) is 12.1 Å². The Morgan fingerprint density at radius 3 is 1.61 bits per heavy atom. The molecule has 5 atom stereocenters. The Morgan fingerprint density at radius 1 is 0.673 bits per heavy atom. The van der Waals surface area contributed by atoms with E-state index in [1.54, 1.807) is 20.8 Å². The second-order valence-corrected chi connectivity index (χ2v) is 14.0. The lowest BCUT2D eigenvalue weighted by Gasteiger charge is -2.30. The number of amides is 4. The fourth-order valence-corrected chi connectivity index (χ4v) is 5.59. The van der Waals surface area contributed by atoms with E-state index < -0.39 is 59.6 Å². The van der Waals surface area contributed by atoms with Crippen molar-refractivity contribution in [1.29, 1.82) is 0 Å². The molecule has 6 N–H and O–H groups in total. The van der Waals surface area contributed by atoms with Crippen LogP contribution in [0.25, 0.3) is 0 Å². The Morgan fingerprint density at radius 2 is 1.14 bits per heavy atom. The standard InChI is InChI=1S/C39H52N4O6/c1-26(2)21-33(37(47)41-32(35(40)45)24-29-19-13-8-14-20-29)42-36(46)30(22-27-15-9-6-10-16-27)25-34(44)31(23-28-17-11-7-12-18-28)43-38(48)49-39(3,4)5/h6-20,26,30-34,44H,21-25H2,1-5H3,(H2,40,45)(H,41,47)(H,42,46)(H,43,48)/t30-,31+,32+,33+,34-/m1/s1. The molecule has 3 rings (SSSR count). The lowest BCUT2D eigenvalue weighted by atomic mass is 9.88. The lowest BCUT2D eigenvalue weighted by molar-refractivity contribution is -0.133. The minimum Gasteiger partial charge on any atom is -0.444 e. The normalized spacial score (nSPS) is 14.5. The molecule has 0 saturated heterocycles. The van der Waals surface area contributed by atoms with Crippen LogP contribution in [0.5, 0.6) is 0 Å². The molecule has 0 radical (unpaired) electrons. The van der Waals surface area contributed by atoms with Gasteiger partial charge in [-0.1, -0.05) is 105 Å². The zero-order chi connectivity index (χ0) is 36.0. The van der Waals surface area contributed by atoms with E-state index >= 15 is 0 Å². The van der Waals surface area contributed by atoms with E-state index in [1.165, 1.54) is 0 Å². The monoisotopic (exact) mass is 672 g/mol. The van der Waals surface area contributed by atoms with Gasteiger partial charge in [-0.05, 0) is 69.1 Å². The lowest BCUT2D eigenvalue weighted by Crippen LogP contribution is -2.55. The molecule has 264 valence electrons. The zero-order valence-corrected chi connectivity index (χ0v) is 29.2. The molecule has 10 nitrogen and oxygen atoms in total. The van der Waals surface area contributed by atoms with Gasteiger partial charge in [0, 0.05) is 12.3 Å². The number of nitrogens with two attached hydrogens (primary N) is 1. The van der Waals surface area contributed by atoms with E-state index in [1.807, 2.05) is 105 Å². The molecule has 0 spiro atoms. The summed E-state index contributed by atoms with van der Waals surface area (Å²) in [4.78, 5) is 52.9. The summed E-state index contributed by atoms with van der Waals surface area (Å²) >= 11 is 0. The van der Waals surface area contributed by atoms with Gasteiger partial charge in [0.15, 0.2) is 0 Å². The van der Waals surface area contributed by atoms with Gasteiger partial charge in [-0.25, -0.2) is 4.79 Å². The van der Waals surface area contributed by atoms with Gasteiger partial charge in [-0.15, -0.1) is 0 Å². The first-order valence-electron chi connectivity index (χ1n) is 16.9. The molecule has 0 aliphatic heterocycles. The topological polar surface area (TPSA) is 160 Å². The zero-order valence-electron chi connectivity index (χ0n) is 29.2. The number of carbonyl (C=O) groups excluding carboxylic acids is 4. The minimum absolute atomic E-state index is 0.0119. The van der Waals surface area contributed by atoms with Gasteiger partial charge in [-0.3, -0.25) is 14.4 Å². The summed E-state index contributed by atoms with van der Waals surface area (Å²) in [6.07, 6.45) is -0.731. The molecular weight excluding hydrogens is 620 g/mol. The molecule has 0 saturated carbocycles.